The molecule has 2 unspecified atom stereocenters. The Hall–Kier alpha value is -1.78. The molecule has 0 saturated heterocycles. The van der Waals surface area contributed by atoms with Gasteiger partial charge in [-0.25, -0.2) is 4.79 Å². The first-order valence-corrected chi connectivity index (χ1v) is 6.57. The molecule has 0 aromatic carbocycles. The topological polar surface area (TPSA) is 79.5 Å². The van der Waals surface area contributed by atoms with Gasteiger partial charge < -0.3 is 14.8 Å². The minimum atomic E-state index is -1.17. The number of aryl methyl sites for hydroxylation is 1. The average molecular weight is 265 g/mol. The summed E-state index contributed by atoms with van der Waals surface area (Å²) in [6.07, 6.45) is 4.53. The first kappa shape index (κ1) is 13.6. The normalized spacial score (nSPS) is 26.9. The zero-order valence-corrected chi connectivity index (χ0v) is 11.2. The third kappa shape index (κ3) is 2.37. The van der Waals surface area contributed by atoms with Crippen molar-refractivity contribution in [1.29, 1.82) is 0 Å². The van der Waals surface area contributed by atoms with E-state index in [-0.39, 0.29) is 11.7 Å². The number of aliphatic carboxylic acids is 1. The van der Waals surface area contributed by atoms with Gasteiger partial charge in [0.25, 0.3) is 5.91 Å². The van der Waals surface area contributed by atoms with E-state index in [0.717, 1.165) is 19.3 Å². The summed E-state index contributed by atoms with van der Waals surface area (Å²) in [4.78, 5) is 23.8. The largest absolute Gasteiger partial charge is 0.479 e. The maximum absolute atomic E-state index is 12.2. The Bertz CT molecular complexity index is 493. The number of carboxylic acids is 1. The second-order valence-corrected chi connectivity index (χ2v) is 5.31. The van der Waals surface area contributed by atoms with Crippen molar-refractivity contribution >= 4 is 11.9 Å². The van der Waals surface area contributed by atoms with Gasteiger partial charge in [0.2, 0.25) is 0 Å². The number of carbonyl (C=O) groups excluding carboxylic acids is 1. The summed E-state index contributed by atoms with van der Waals surface area (Å²) in [5.41, 5.74) is -0.462. The predicted molar refractivity (Wildman–Crippen MR) is 68.9 cm³/mol. The van der Waals surface area contributed by atoms with Crippen molar-refractivity contribution in [2.24, 2.45) is 5.92 Å². The molecule has 2 rings (SSSR count). The van der Waals surface area contributed by atoms with E-state index in [1.54, 1.807) is 13.0 Å². The van der Waals surface area contributed by atoms with Crippen LogP contribution in [0.15, 0.2) is 16.7 Å². The van der Waals surface area contributed by atoms with Crippen LogP contribution in [0.4, 0.5) is 0 Å². The number of furan rings is 1. The molecule has 1 amide bonds. The van der Waals surface area contributed by atoms with Crippen LogP contribution >= 0.6 is 0 Å². The number of carboxylic acid groups (broad SMARTS) is 1. The molecule has 1 heterocycles. The lowest BCUT2D eigenvalue weighted by Gasteiger charge is -2.39. The quantitative estimate of drug-likeness (QED) is 0.879. The van der Waals surface area contributed by atoms with Gasteiger partial charge in [-0.3, -0.25) is 4.79 Å². The molecule has 2 atom stereocenters. The lowest BCUT2D eigenvalue weighted by Crippen LogP contribution is -2.60. The minimum Gasteiger partial charge on any atom is -0.479 e. The third-order valence-electron chi connectivity index (χ3n) is 4.09. The summed E-state index contributed by atoms with van der Waals surface area (Å²) >= 11 is 0. The van der Waals surface area contributed by atoms with Gasteiger partial charge in [-0.2, -0.15) is 0 Å². The van der Waals surface area contributed by atoms with Crippen LogP contribution in [-0.4, -0.2) is 22.5 Å². The highest BCUT2D eigenvalue weighted by molar-refractivity contribution is 5.97. The Balaban J connectivity index is 2.24. The number of nitrogens with one attached hydrogen (secondary N) is 1. The SMILES string of the molecule is Cc1ccoc1C(=O)NC1(C(=O)O)CCCCC1C. The van der Waals surface area contributed by atoms with E-state index in [1.165, 1.54) is 6.26 Å². The maximum Gasteiger partial charge on any atom is 0.329 e. The molecule has 0 radical (unpaired) electrons. The Morgan fingerprint density at radius 3 is 2.74 bits per heavy atom. The molecule has 1 saturated carbocycles. The molecule has 1 aromatic rings. The Morgan fingerprint density at radius 1 is 1.47 bits per heavy atom. The number of hydrogen-bond acceptors (Lipinski definition) is 3. The van der Waals surface area contributed by atoms with E-state index in [2.05, 4.69) is 5.32 Å². The zero-order valence-electron chi connectivity index (χ0n) is 11.2. The molecule has 1 fully saturated rings. The molecule has 19 heavy (non-hydrogen) atoms. The fourth-order valence-corrected chi connectivity index (χ4v) is 2.77. The van der Waals surface area contributed by atoms with E-state index in [9.17, 15) is 14.7 Å². The Kier molecular flexibility index (Phi) is 3.64. The van der Waals surface area contributed by atoms with Crippen molar-refractivity contribution in [2.45, 2.75) is 45.1 Å². The second kappa shape index (κ2) is 5.07. The molecular formula is C14H19NO4. The van der Waals surface area contributed by atoms with Crippen LogP contribution in [0.1, 0.15) is 48.7 Å². The monoisotopic (exact) mass is 265 g/mol. The molecule has 0 spiro atoms. The van der Waals surface area contributed by atoms with Crippen molar-refractivity contribution in [3.8, 4) is 0 Å². The van der Waals surface area contributed by atoms with Crippen LogP contribution in [0.2, 0.25) is 0 Å². The van der Waals surface area contributed by atoms with E-state index in [0.29, 0.717) is 12.0 Å². The summed E-state index contributed by atoms with van der Waals surface area (Å²) in [5.74, 6) is -1.30. The molecule has 5 heteroatoms. The zero-order chi connectivity index (χ0) is 14.0. The minimum absolute atomic E-state index is 0.0852. The number of rotatable bonds is 3. The summed E-state index contributed by atoms with van der Waals surface area (Å²) in [6, 6.07) is 1.69. The number of hydrogen-bond donors (Lipinski definition) is 2. The fraction of sp³-hybridized carbons (Fsp3) is 0.571. The summed E-state index contributed by atoms with van der Waals surface area (Å²) < 4.78 is 5.12. The maximum atomic E-state index is 12.2. The van der Waals surface area contributed by atoms with Crippen LogP contribution in [0.5, 0.6) is 0 Å². The fourth-order valence-electron chi connectivity index (χ4n) is 2.77. The van der Waals surface area contributed by atoms with Gasteiger partial charge in [0.15, 0.2) is 5.76 Å². The van der Waals surface area contributed by atoms with E-state index in [1.807, 2.05) is 6.92 Å². The molecule has 1 aromatic heterocycles. The number of carbonyl (C=O) groups is 2. The van der Waals surface area contributed by atoms with E-state index in [4.69, 9.17) is 4.42 Å². The Labute approximate surface area is 112 Å². The van der Waals surface area contributed by atoms with Gasteiger partial charge >= 0.3 is 5.97 Å². The molecule has 104 valence electrons. The highest BCUT2D eigenvalue weighted by Gasteiger charge is 2.46. The average Bonchev–Trinajstić information content (AvgIpc) is 2.78. The van der Waals surface area contributed by atoms with Gasteiger partial charge in [-0.15, -0.1) is 0 Å². The first-order chi connectivity index (χ1) is 8.97. The summed E-state index contributed by atoms with van der Waals surface area (Å²) in [7, 11) is 0. The van der Waals surface area contributed by atoms with Crippen molar-refractivity contribution in [2.75, 3.05) is 0 Å². The lowest BCUT2D eigenvalue weighted by molar-refractivity contribution is -0.148. The molecular weight excluding hydrogens is 246 g/mol. The Morgan fingerprint density at radius 2 is 2.21 bits per heavy atom. The number of amides is 1. The standard InChI is InChI=1S/C14H19NO4/c1-9-6-8-19-11(9)12(16)15-14(13(17)18)7-4-3-5-10(14)2/h6,8,10H,3-5,7H2,1-2H3,(H,15,16)(H,17,18). The highest BCUT2D eigenvalue weighted by Crippen LogP contribution is 2.34. The van der Waals surface area contributed by atoms with Crippen molar-refractivity contribution in [3.63, 3.8) is 0 Å². The van der Waals surface area contributed by atoms with Gasteiger partial charge in [-0.05, 0) is 31.7 Å². The highest BCUT2D eigenvalue weighted by atomic mass is 16.4. The van der Waals surface area contributed by atoms with Crippen molar-refractivity contribution < 1.29 is 19.1 Å². The van der Waals surface area contributed by atoms with Gasteiger partial charge in [0, 0.05) is 5.56 Å². The van der Waals surface area contributed by atoms with Crippen LogP contribution in [-0.2, 0) is 4.79 Å². The molecule has 0 bridgehead atoms. The van der Waals surface area contributed by atoms with Crippen molar-refractivity contribution in [1.82, 2.24) is 5.32 Å². The molecule has 5 nitrogen and oxygen atoms in total. The third-order valence-corrected chi connectivity index (χ3v) is 4.09. The molecule has 1 aliphatic rings. The summed E-state index contributed by atoms with van der Waals surface area (Å²) in [5, 5.41) is 12.2. The summed E-state index contributed by atoms with van der Waals surface area (Å²) in [6.45, 7) is 3.64. The van der Waals surface area contributed by atoms with E-state index < -0.39 is 17.4 Å². The van der Waals surface area contributed by atoms with Gasteiger partial charge in [0.05, 0.1) is 6.26 Å². The van der Waals surface area contributed by atoms with Crippen LogP contribution in [0.3, 0.4) is 0 Å². The van der Waals surface area contributed by atoms with Gasteiger partial charge in [0.1, 0.15) is 5.54 Å². The first-order valence-electron chi connectivity index (χ1n) is 6.57. The molecule has 0 aliphatic heterocycles. The molecule has 2 N–H and O–H groups in total. The van der Waals surface area contributed by atoms with Gasteiger partial charge in [-0.1, -0.05) is 19.8 Å². The van der Waals surface area contributed by atoms with E-state index >= 15 is 0 Å². The predicted octanol–water partition coefficient (Wildman–Crippen LogP) is 2.35. The lowest BCUT2D eigenvalue weighted by atomic mass is 9.73. The van der Waals surface area contributed by atoms with Crippen LogP contribution in [0, 0.1) is 12.8 Å². The smallest absolute Gasteiger partial charge is 0.329 e. The molecule has 1 aliphatic carbocycles. The van der Waals surface area contributed by atoms with Crippen molar-refractivity contribution in [3.05, 3.63) is 23.7 Å². The van der Waals surface area contributed by atoms with Crippen LogP contribution in [0.25, 0.3) is 0 Å². The second-order valence-electron chi connectivity index (χ2n) is 5.31. The van der Waals surface area contributed by atoms with Crippen LogP contribution < -0.4 is 5.32 Å².